The van der Waals surface area contributed by atoms with Crippen LogP contribution in [0, 0.1) is 24.3 Å². The fraction of sp³-hybridized carbons (Fsp3) is 0.0455. The summed E-state index contributed by atoms with van der Waals surface area (Å²) < 4.78 is 21.6. The molecule has 31 heavy (non-hydrogen) atoms. The second-order valence-corrected chi connectivity index (χ2v) is 8.93. The second kappa shape index (κ2) is 10.9. The molecule has 1 amide bonds. The standard InChI is InChI=1S/C22H13ClFI2N3O2/c23-17-4-2-1-3-15(17)12-31-21-19(25)8-14(9-20(21)26)11-28-29-22(30)16-6-5-13(10-27)7-18(16)24/h1-9,11H,12H2,(H,29,30)/b28-11-. The van der Waals surface area contributed by atoms with Gasteiger partial charge in [-0.3, -0.25) is 4.79 Å². The third kappa shape index (κ3) is 6.15. The molecular formula is C22H13ClFI2N3O2. The number of hydrogen-bond acceptors (Lipinski definition) is 4. The zero-order valence-electron chi connectivity index (χ0n) is 15.7. The molecule has 0 spiro atoms. The maximum absolute atomic E-state index is 13.9. The van der Waals surface area contributed by atoms with E-state index in [-0.39, 0.29) is 11.1 Å². The maximum Gasteiger partial charge on any atom is 0.274 e. The first-order chi connectivity index (χ1) is 14.9. The Labute approximate surface area is 210 Å². The molecule has 0 aromatic heterocycles. The number of hydrogen-bond donors (Lipinski definition) is 1. The average molecular weight is 660 g/mol. The summed E-state index contributed by atoms with van der Waals surface area (Å²) in [5, 5.41) is 13.3. The molecule has 0 heterocycles. The summed E-state index contributed by atoms with van der Waals surface area (Å²) >= 11 is 10.5. The van der Waals surface area contributed by atoms with Crippen molar-refractivity contribution < 1.29 is 13.9 Å². The molecule has 0 aliphatic rings. The van der Waals surface area contributed by atoms with Crippen molar-refractivity contribution in [3.05, 3.63) is 94.8 Å². The van der Waals surface area contributed by atoms with Gasteiger partial charge in [0.05, 0.1) is 30.6 Å². The van der Waals surface area contributed by atoms with Gasteiger partial charge in [0.15, 0.2) is 0 Å². The van der Waals surface area contributed by atoms with Crippen LogP contribution in [0.15, 0.2) is 59.7 Å². The van der Waals surface area contributed by atoms with E-state index in [1.54, 1.807) is 0 Å². The molecule has 9 heteroatoms. The lowest BCUT2D eigenvalue weighted by atomic mass is 10.1. The number of rotatable bonds is 6. The fourth-order valence-corrected chi connectivity index (χ4v) is 4.87. The monoisotopic (exact) mass is 659 g/mol. The highest BCUT2D eigenvalue weighted by Gasteiger charge is 2.12. The molecule has 3 aromatic rings. The average Bonchev–Trinajstić information content (AvgIpc) is 2.74. The molecule has 0 bridgehead atoms. The van der Waals surface area contributed by atoms with E-state index < -0.39 is 11.7 Å². The number of carbonyl (C=O) groups excluding carboxylic acids is 1. The van der Waals surface area contributed by atoms with E-state index in [2.05, 4.69) is 55.7 Å². The molecular weight excluding hydrogens is 647 g/mol. The number of amides is 1. The normalized spacial score (nSPS) is 10.7. The van der Waals surface area contributed by atoms with Crippen molar-refractivity contribution in [2.75, 3.05) is 0 Å². The Bertz CT molecular complexity index is 1190. The smallest absolute Gasteiger partial charge is 0.274 e. The third-order valence-electron chi connectivity index (χ3n) is 4.07. The first kappa shape index (κ1) is 23.4. The number of ether oxygens (including phenoxy) is 1. The van der Waals surface area contributed by atoms with Crippen molar-refractivity contribution in [1.29, 1.82) is 5.26 Å². The molecule has 0 unspecified atom stereocenters. The quantitative estimate of drug-likeness (QED) is 0.204. The molecule has 3 rings (SSSR count). The number of nitrogens with one attached hydrogen (secondary N) is 1. The number of halogens is 4. The van der Waals surface area contributed by atoms with Crippen LogP contribution < -0.4 is 10.2 Å². The first-order valence-electron chi connectivity index (χ1n) is 8.77. The summed E-state index contributed by atoms with van der Waals surface area (Å²) in [6.07, 6.45) is 1.46. The zero-order valence-corrected chi connectivity index (χ0v) is 20.8. The highest BCUT2D eigenvalue weighted by Crippen LogP contribution is 2.30. The van der Waals surface area contributed by atoms with E-state index in [1.165, 1.54) is 18.3 Å². The molecule has 0 aliphatic heterocycles. The number of nitrogens with zero attached hydrogens (tertiary/aromatic N) is 2. The Morgan fingerprint density at radius 2 is 1.90 bits per heavy atom. The zero-order chi connectivity index (χ0) is 22.4. The topological polar surface area (TPSA) is 74.5 Å². The molecule has 1 N–H and O–H groups in total. The summed E-state index contributed by atoms with van der Waals surface area (Å²) in [5.41, 5.74) is 3.86. The Kier molecular flexibility index (Phi) is 8.22. The molecule has 0 radical (unpaired) electrons. The van der Waals surface area contributed by atoms with Gasteiger partial charge in [0.25, 0.3) is 5.91 Å². The summed E-state index contributed by atoms with van der Waals surface area (Å²) in [6, 6.07) is 16.6. The predicted octanol–water partition coefficient (Wildman–Crippen LogP) is 5.90. The van der Waals surface area contributed by atoms with Crippen LogP contribution >= 0.6 is 56.8 Å². The van der Waals surface area contributed by atoms with Gasteiger partial charge in [0.1, 0.15) is 18.2 Å². The number of hydrazone groups is 1. The Hall–Kier alpha value is -2.23. The van der Waals surface area contributed by atoms with Crippen molar-refractivity contribution in [2.24, 2.45) is 5.10 Å². The van der Waals surface area contributed by atoms with Crippen LogP contribution in [0.2, 0.25) is 5.02 Å². The first-order valence-corrected chi connectivity index (χ1v) is 11.3. The summed E-state index contributed by atoms with van der Waals surface area (Å²) in [6.45, 7) is 0.339. The summed E-state index contributed by atoms with van der Waals surface area (Å²) in [4.78, 5) is 12.1. The van der Waals surface area contributed by atoms with Gasteiger partial charge in [0.2, 0.25) is 0 Å². The lowest BCUT2D eigenvalue weighted by Crippen LogP contribution is -2.19. The number of nitriles is 1. The fourth-order valence-electron chi connectivity index (χ4n) is 2.55. The van der Waals surface area contributed by atoms with Crippen LogP contribution in [0.3, 0.4) is 0 Å². The Morgan fingerprint density at radius 3 is 2.55 bits per heavy atom. The van der Waals surface area contributed by atoms with Crippen LogP contribution in [0.5, 0.6) is 5.75 Å². The third-order valence-corrected chi connectivity index (χ3v) is 6.04. The molecule has 156 valence electrons. The highest BCUT2D eigenvalue weighted by atomic mass is 127. The Morgan fingerprint density at radius 1 is 1.19 bits per heavy atom. The minimum atomic E-state index is -0.782. The van der Waals surface area contributed by atoms with Gasteiger partial charge in [-0.15, -0.1) is 0 Å². The van der Waals surface area contributed by atoms with Crippen molar-refractivity contribution in [2.45, 2.75) is 6.61 Å². The van der Waals surface area contributed by atoms with Crippen LogP contribution in [0.4, 0.5) is 4.39 Å². The number of benzene rings is 3. The molecule has 0 saturated heterocycles. The van der Waals surface area contributed by atoms with Crippen LogP contribution in [-0.4, -0.2) is 12.1 Å². The van der Waals surface area contributed by atoms with Gasteiger partial charge < -0.3 is 4.74 Å². The van der Waals surface area contributed by atoms with E-state index >= 15 is 0 Å². The van der Waals surface area contributed by atoms with Gasteiger partial charge in [-0.2, -0.15) is 10.4 Å². The molecule has 0 saturated carbocycles. The van der Waals surface area contributed by atoms with E-state index in [4.69, 9.17) is 21.6 Å². The summed E-state index contributed by atoms with van der Waals surface area (Å²) in [5.74, 6) is -0.764. The van der Waals surface area contributed by atoms with Gasteiger partial charge in [-0.1, -0.05) is 29.8 Å². The molecule has 0 atom stereocenters. The number of carbonyl (C=O) groups is 1. The van der Waals surface area contributed by atoms with Crippen molar-refractivity contribution in [3.63, 3.8) is 0 Å². The lowest BCUT2D eigenvalue weighted by molar-refractivity contribution is 0.0951. The van der Waals surface area contributed by atoms with Crippen LogP contribution in [0.25, 0.3) is 0 Å². The molecule has 5 nitrogen and oxygen atoms in total. The van der Waals surface area contributed by atoms with Crippen molar-refractivity contribution in [3.8, 4) is 11.8 Å². The van der Waals surface area contributed by atoms with Gasteiger partial charge in [-0.05, 0) is 87.1 Å². The van der Waals surface area contributed by atoms with Crippen LogP contribution in [0.1, 0.15) is 27.0 Å². The maximum atomic E-state index is 13.9. The van der Waals surface area contributed by atoms with E-state index in [9.17, 15) is 9.18 Å². The van der Waals surface area contributed by atoms with Crippen molar-refractivity contribution >= 4 is 68.9 Å². The molecule has 3 aromatic carbocycles. The summed E-state index contributed by atoms with van der Waals surface area (Å²) in [7, 11) is 0. The van der Waals surface area contributed by atoms with E-state index in [1.807, 2.05) is 42.5 Å². The molecule has 0 fully saturated rings. The predicted molar refractivity (Wildman–Crippen MR) is 134 cm³/mol. The van der Waals surface area contributed by atoms with E-state index in [0.29, 0.717) is 11.6 Å². The van der Waals surface area contributed by atoms with Crippen LogP contribution in [-0.2, 0) is 6.61 Å². The van der Waals surface area contributed by atoms with E-state index in [0.717, 1.165) is 30.1 Å². The van der Waals surface area contributed by atoms with Gasteiger partial charge in [-0.25, -0.2) is 9.82 Å². The lowest BCUT2D eigenvalue weighted by Gasteiger charge is -2.12. The van der Waals surface area contributed by atoms with Gasteiger partial charge in [0, 0.05) is 10.6 Å². The minimum Gasteiger partial charge on any atom is -0.487 e. The molecule has 0 aliphatic carbocycles. The minimum absolute atomic E-state index is 0.138. The van der Waals surface area contributed by atoms with Crippen molar-refractivity contribution in [1.82, 2.24) is 5.43 Å². The highest BCUT2D eigenvalue weighted by molar-refractivity contribution is 14.1. The second-order valence-electron chi connectivity index (χ2n) is 6.20. The SMILES string of the molecule is N#Cc1ccc(C(=O)N/N=C\c2cc(I)c(OCc3ccccc3Cl)c(I)c2)c(F)c1. The Balaban J connectivity index is 1.67. The van der Waals surface area contributed by atoms with Gasteiger partial charge >= 0.3 is 0 Å². The largest absolute Gasteiger partial charge is 0.487 e.